The predicted octanol–water partition coefficient (Wildman–Crippen LogP) is 2.71. The number of ether oxygens (including phenoxy) is 1. The van der Waals surface area contributed by atoms with Crippen LogP contribution in [0.1, 0.15) is 22.7 Å². The first-order valence-corrected chi connectivity index (χ1v) is 6.66. The zero-order valence-electron chi connectivity index (χ0n) is 10.9. The third-order valence-electron chi connectivity index (χ3n) is 2.94. The van der Waals surface area contributed by atoms with Gasteiger partial charge in [0.05, 0.1) is 19.3 Å². The Hall–Kier alpha value is -1.43. The van der Waals surface area contributed by atoms with Crippen LogP contribution in [0.4, 0.5) is 0 Å². The molecule has 1 atom stereocenters. The summed E-state index contributed by atoms with van der Waals surface area (Å²) >= 11 is 3.57. The first kappa shape index (κ1) is 14.0. The Morgan fingerprint density at radius 3 is 2.74 bits per heavy atom. The quantitative estimate of drug-likeness (QED) is 0.671. The lowest BCUT2D eigenvalue weighted by atomic mass is 10.00. The number of nitrogens with one attached hydrogen (secondary N) is 1. The molecule has 100 valence electrons. The van der Waals surface area contributed by atoms with E-state index in [-0.39, 0.29) is 6.04 Å². The van der Waals surface area contributed by atoms with Crippen molar-refractivity contribution in [2.24, 2.45) is 5.84 Å². The number of hydrazine groups is 1. The van der Waals surface area contributed by atoms with Gasteiger partial charge in [0.25, 0.3) is 0 Å². The molecule has 0 aliphatic heterocycles. The van der Waals surface area contributed by atoms with Gasteiger partial charge < -0.3 is 4.74 Å². The molecule has 2 rings (SSSR count). The normalized spacial score (nSPS) is 12.2. The van der Waals surface area contributed by atoms with Crippen molar-refractivity contribution in [1.82, 2.24) is 10.4 Å². The summed E-state index contributed by atoms with van der Waals surface area (Å²) < 4.78 is 6.20. The van der Waals surface area contributed by atoms with Gasteiger partial charge in [-0.1, -0.05) is 28.1 Å². The van der Waals surface area contributed by atoms with Crippen LogP contribution in [-0.2, 0) is 0 Å². The van der Waals surface area contributed by atoms with Crippen LogP contribution in [0, 0.1) is 6.92 Å². The predicted molar refractivity (Wildman–Crippen MR) is 78.8 cm³/mol. The number of aromatic nitrogens is 1. The lowest BCUT2D eigenvalue weighted by molar-refractivity contribution is 0.411. The van der Waals surface area contributed by atoms with E-state index in [1.54, 1.807) is 19.5 Å². The van der Waals surface area contributed by atoms with Crippen LogP contribution >= 0.6 is 15.9 Å². The van der Waals surface area contributed by atoms with Crippen molar-refractivity contribution >= 4 is 15.9 Å². The maximum Gasteiger partial charge on any atom is 0.137 e. The third-order valence-corrected chi connectivity index (χ3v) is 3.62. The fraction of sp³-hybridized carbons (Fsp3) is 0.214. The van der Waals surface area contributed by atoms with Crippen molar-refractivity contribution in [3.05, 3.63) is 57.8 Å². The summed E-state index contributed by atoms with van der Waals surface area (Å²) in [4.78, 5) is 4.16. The largest absolute Gasteiger partial charge is 0.495 e. The zero-order chi connectivity index (χ0) is 13.8. The summed E-state index contributed by atoms with van der Waals surface area (Å²) in [6, 6.07) is 7.94. The molecule has 0 saturated carbocycles. The number of pyridine rings is 1. The Kier molecular flexibility index (Phi) is 4.52. The van der Waals surface area contributed by atoms with Gasteiger partial charge >= 0.3 is 0 Å². The van der Waals surface area contributed by atoms with Crippen molar-refractivity contribution in [2.45, 2.75) is 13.0 Å². The molecule has 0 bridgehead atoms. The fourth-order valence-electron chi connectivity index (χ4n) is 1.94. The van der Waals surface area contributed by atoms with Crippen molar-refractivity contribution in [3.8, 4) is 5.75 Å². The van der Waals surface area contributed by atoms with Crippen LogP contribution in [0.15, 0.2) is 41.1 Å². The average Bonchev–Trinajstić information content (AvgIpc) is 2.42. The van der Waals surface area contributed by atoms with Crippen molar-refractivity contribution < 1.29 is 4.74 Å². The number of nitrogens with two attached hydrogens (primary N) is 1. The van der Waals surface area contributed by atoms with E-state index in [1.807, 2.05) is 19.1 Å². The highest BCUT2D eigenvalue weighted by Gasteiger charge is 2.16. The third kappa shape index (κ3) is 3.12. The van der Waals surface area contributed by atoms with Crippen molar-refractivity contribution in [3.63, 3.8) is 0 Å². The molecule has 0 aliphatic carbocycles. The molecule has 1 unspecified atom stereocenters. The lowest BCUT2D eigenvalue weighted by Crippen LogP contribution is -2.29. The van der Waals surface area contributed by atoms with Crippen molar-refractivity contribution in [2.75, 3.05) is 7.11 Å². The van der Waals surface area contributed by atoms with E-state index in [0.29, 0.717) is 5.75 Å². The summed E-state index contributed by atoms with van der Waals surface area (Å²) in [6.07, 6.45) is 3.45. The Morgan fingerprint density at radius 1 is 1.32 bits per heavy atom. The molecule has 2 aromatic rings. The van der Waals surface area contributed by atoms with Gasteiger partial charge in [-0.2, -0.15) is 0 Å². The minimum Gasteiger partial charge on any atom is -0.495 e. The van der Waals surface area contributed by atoms with Crippen LogP contribution < -0.4 is 16.0 Å². The Labute approximate surface area is 121 Å². The molecule has 19 heavy (non-hydrogen) atoms. The summed E-state index contributed by atoms with van der Waals surface area (Å²) in [5.74, 6) is 6.41. The molecule has 0 amide bonds. The topological polar surface area (TPSA) is 60.2 Å². The molecule has 0 saturated heterocycles. The molecular formula is C14H16BrN3O. The summed E-state index contributed by atoms with van der Waals surface area (Å²) in [5, 5.41) is 0. The second-order valence-corrected chi connectivity index (χ2v) is 5.14. The maximum absolute atomic E-state index is 5.70. The molecule has 1 aromatic carbocycles. The Bertz CT molecular complexity index is 574. The van der Waals surface area contributed by atoms with E-state index in [0.717, 1.165) is 15.6 Å². The highest BCUT2D eigenvalue weighted by Crippen LogP contribution is 2.29. The first-order valence-electron chi connectivity index (χ1n) is 5.87. The molecule has 1 aromatic heterocycles. The van der Waals surface area contributed by atoms with Crippen molar-refractivity contribution in [1.29, 1.82) is 0 Å². The number of hydrogen-bond acceptors (Lipinski definition) is 4. The van der Waals surface area contributed by atoms with Gasteiger partial charge in [-0.15, -0.1) is 0 Å². The van der Waals surface area contributed by atoms with Gasteiger partial charge in [0.2, 0.25) is 0 Å². The van der Waals surface area contributed by atoms with Gasteiger partial charge in [0, 0.05) is 10.7 Å². The highest BCUT2D eigenvalue weighted by atomic mass is 79.9. The van der Waals surface area contributed by atoms with Gasteiger partial charge in [-0.05, 0) is 35.7 Å². The molecule has 0 fully saturated rings. The van der Waals surface area contributed by atoms with Gasteiger partial charge in [-0.25, -0.2) is 5.43 Å². The Morgan fingerprint density at radius 2 is 2.11 bits per heavy atom. The van der Waals surface area contributed by atoms with Gasteiger partial charge in [0.15, 0.2) is 0 Å². The van der Waals surface area contributed by atoms with Crippen LogP contribution in [0.3, 0.4) is 0 Å². The van der Waals surface area contributed by atoms with E-state index in [9.17, 15) is 0 Å². The summed E-state index contributed by atoms with van der Waals surface area (Å²) in [5.41, 5.74) is 6.02. The minimum absolute atomic E-state index is 0.141. The molecule has 4 nitrogen and oxygen atoms in total. The molecule has 3 N–H and O–H groups in total. The number of nitrogens with zero attached hydrogens (tertiary/aromatic N) is 1. The molecule has 0 radical (unpaired) electrons. The SMILES string of the molecule is COc1cncc(C(NN)c2ccc(C)cc2Br)c1. The van der Waals surface area contributed by atoms with Crippen LogP contribution in [0.25, 0.3) is 0 Å². The van der Waals surface area contributed by atoms with Gasteiger partial charge in [-0.3, -0.25) is 10.8 Å². The standard InChI is InChI=1S/C14H16BrN3O/c1-9-3-4-12(13(15)5-9)14(18-16)10-6-11(19-2)8-17-7-10/h3-8,14,18H,16H2,1-2H3. The average molecular weight is 322 g/mol. The smallest absolute Gasteiger partial charge is 0.137 e. The molecule has 5 heteroatoms. The second kappa shape index (κ2) is 6.14. The van der Waals surface area contributed by atoms with E-state index in [2.05, 4.69) is 38.5 Å². The summed E-state index contributed by atoms with van der Waals surface area (Å²) in [6.45, 7) is 2.05. The molecule has 0 aliphatic rings. The number of aryl methyl sites for hydroxylation is 1. The molecule has 1 heterocycles. The number of hydrogen-bond donors (Lipinski definition) is 2. The van der Waals surface area contributed by atoms with E-state index in [4.69, 9.17) is 10.6 Å². The van der Waals surface area contributed by atoms with E-state index >= 15 is 0 Å². The highest BCUT2D eigenvalue weighted by molar-refractivity contribution is 9.10. The lowest BCUT2D eigenvalue weighted by Gasteiger charge is -2.19. The molecular weight excluding hydrogens is 306 g/mol. The van der Waals surface area contributed by atoms with Crippen LogP contribution in [0.5, 0.6) is 5.75 Å². The molecule has 0 spiro atoms. The monoisotopic (exact) mass is 321 g/mol. The minimum atomic E-state index is -0.141. The number of rotatable bonds is 4. The van der Waals surface area contributed by atoms with E-state index < -0.39 is 0 Å². The maximum atomic E-state index is 5.70. The number of halogens is 1. The van der Waals surface area contributed by atoms with Crippen LogP contribution in [0.2, 0.25) is 0 Å². The Balaban J connectivity index is 2.43. The van der Waals surface area contributed by atoms with Gasteiger partial charge in [0.1, 0.15) is 5.75 Å². The summed E-state index contributed by atoms with van der Waals surface area (Å²) in [7, 11) is 1.62. The zero-order valence-corrected chi connectivity index (χ0v) is 12.4. The van der Waals surface area contributed by atoms with Crippen LogP contribution in [-0.4, -0.2) is 12.1 Å². The number of benzene rings is 1. The van der Waals surface area contributed by atoms with E-state index in [1.165, 1.54) is 5.56 Å². The first-order chi connectivity index (χ1) is 9.15. The fourth-order valence-corrected chi connectivity index (χ4v) is 2.66. The number of methoxy groups -OCH3 is 1. The second-order valence-electron chi connectivity index (χ2n) is 4.28.